The summed E-state index contributed by atoms with van der Waals surface area (Å²) in [7, 11) is 0. The van der Waals surface area contributed by atoms with Crippen LogP contribution in [0.4, 0.5) is 4.39 Å². The molecule has 2 heterocycles. The van der Waals surface area contributed by atoms with Gasteiger partial charge in [-0.05, 0) is 48.7 Å². The number of halogens is 1. The van der Waals surface area contributed by atoms with Crippen LogP contribution in [0.15, 0.2) is 61.1 Å². The van der Waals surface area contributed by atoms with E-state index in [1.165, 1.54) is 12.1 Å². The van der Waals surface area contributed by atoms with E-state index in [9.17, 15) is 9.50 Å². The van der Waals surface area contributed by atoms with Crippen molar-refractivity contribution in [2.24, 2.45) is 5.92 Å². The molecule has 0 spiro atoms. The molecule has 2 N–H and O–H groups in total. The van der Waals surface area contributed by atoms with E-state index in [2.05, 4.69) is 15.4 Å². The monoisotopic (exact) mass is 340 g/mol. The van der Waals surface area contributed by atoms with Crippen molar-refractivity contribution in [3.05, 3.63) is 78.1 Å². The van der Waals surface area contributed by atoms with Gasteiger partial charge in [-0.3, -0.25) is 4.98 Å². The van der Waals surface area contributed by atoms with Crippen molar-refractivity contribution in [1.82, 2.24) is 20.1 Å². The van der Waals surface area contributed by atoms with E-state index < -0.39 is 0 Å². The fourth-order valence-electron chi connectivity index (χ4n) is 2.62. The fraction of sp³-hybridized carbons (Fsp3) is 0.263. The first kappa shape index (κ1) is 17.3. The van der Waals surface area contributed by atoms with Gasteiger partial charge in [-0.15, -0.1) is 0 Å². The molecule has 0 saturated carbocycles. The van der Waals surface area contributed by atoms with Crippen LogP contribution >= 0.6 is 0 Å². The molecular formula is C19H21FN4O. The number of benzene rings is 1. The molecule has 0 bridgehead atoms. The Kier molecular flexibility index (Phi) is 5.87. The molecule has 0 fully saturated rings. The third-order valence-electron chi connectivity index (χ3n) is 3.97. The lowest BCUT2D eigenvalue weighted by Gasteiger charge is -2.14. The van der Waals surface area contributed by atoms with E-state index >= 15 is 0 Å². The zero-order valence-corrected chi connectivity index (χ0v) is 13.8. The van der Waals surface area contributed by atoms with Crippen LogP contribution in [0.25, 0.3) is 5.69 Å². The van der Waals surface area contributed by atoms with Crippen LogP contribution in [-0.2, 0) is 13.0 Å². The molecule has 1 atom stereocenters. The Balaban J connectivity index is 1.50. The molecule has 1 unspecified atom stereocenters. The summed E-state index contributed by atoms with van der Waals surface area (Å²) in [5.41, 5.74) is 2.82. The summed E-state index contributed by atoms with van der Waals surface area (Å²) in [6, 6.07) is 12.0. The minimum atomic E-state index is -0.263. The lowest BCUT2D eigenvalue weighted by atomic mass is 10.0. The molecule has 0 amide bonds. The minimum absolute atomic E-state index is 0.110. The van der Waals surface area contributed by atoms with Gasteiger partial charge in [0, 0.05) is 43.3 Å². The largest absolute Gasteiger partial charge is 0.396 e. The quantitative estimate of drug-likeness (QED) is 0.661. The number of aliphatic hydroxyl groups excluding tert-OH is 1. The molecule has 3 rings (SSSR count). The van der Waals surface area contributed by atoms with Crippen molar-refractivity contribution < 1.29 is 9.50 Å². The van der Waals surface area contributed by atoms with E-state index in [4.69, 9.17) is 0 Å². The highest BCUT2D eigenvalue weighted by atomic mass is 19.1. The number of aromatic nitrogens is 3. The molecule has 0 aliphatic heterocycles. The highest BCUT2D eigenvalue weighted by molar-refractivity contribution is 5.31. The van der Waals surface area contributed by atoms with Crippen molar-refractivity contribution in [3.63, 3.8) is 0 Å². The molecule has 5 nitrogen and oxygen atoms in total. The summed E-state index contributed by atoms with van der Waals surface area (Å²) in [4.78, 5) is 4.30. The van der Waals surface area contributed by atoms with Gasteiger partial charge in [0.05, 0.1) is 11.9 Å². The lowest BCUT2D eigenvalue weighted by molar-refractivity contribution is 0.220. The molecule has 1 aromatic carbocycles. The summed E-state index contributed by atoms with van der Waals surface area (Å²) < 4.78 is 14.7. The highest BCUT2D eigenvalue weighted by Crippen LogP contribution is 2.10. The van der Waals surface area contributed by atoms with Crippen molar-refractivity contribution in [1.29, 1.82) is 0 Å². The molecular weight excluding hydrogens is 319 g/mol. The van der Waals surface area contributed by atoms with Crippen LogP contribution in [-0.4, -0.2) is 33.0 Å². The summed E-state index contributed by atoms with van der Waals surface area (Å²) >= 11 is 0. The zero-order valence-electron chi connectivity index (χ0n) is 13.8. The third-order valence-corrected chi connectivity index (χ3v) is 3.97. The molecule has 130 valence electrons. The molecule has 0 aliphatic carbocycles. The number of rotatable bonds is 8. The van der Waals surface area contributed by atoms with Crippen molar-refractivity contribution in [2.75, 3.05) is 13.2 Å². The Labute approximate surface area is 146 Å². The predicted octanol–water partition coefficient (Wildman–Crippen LogP) is 2.35. The van der Waals surface area contributed by atoms with E-state index in [1.807, 2.05) is 24.4 Å². The zero-order chi connectivity index (χ0) is 17.5. The van der Waals surface area contributed by atoms with Crippen LogP contribution < -0.4 is 5.32 Å². The fourth-order valence-corrected chi connectivity index (χ4v) is 2.62. The van der Waals surface area contributed by atoms with E-state index in [-0.39, 0.29) is 18.3 Å². The standard InChI is InChI=1S/C19H21FN4O/c20-17-4-6-19(7-5-17)24-13-16(12-23-24)11-21-10-15(14-25)9-18-3-1-2-8-22-18/h1-8,12-13,15,21,25H,9-11,14H2. The number of aliphatic hydroxyl groups is 1. The van der Waals surface area contributed by atoms with E-state index in [0.717, 1.165) is 23.4 Å². The molecule has 0 radical (unpaired) electrons. The number of hydrogen-bond donors (Lipinski definition) is 2. The van der Waals surface area contributed by atoms with Crippen LogP contribution in [0.2, 0.25) is 0 Å². The highest BCUT2D eigenvalue weighted by Gasteiger charge is 2.09. The molecule has 25 heavy (non-hydrogen) atoms. The van der Waals surface area contributed by atoms with Gasteiger partial charge in [0.2, 0.25) is 0 Å². The second-order valence-electron chi connectivity index (χ2n) is 5.97. The van der Waals surface area contributed by atoms with Crippen molar-refractivity contribution >= 4 is 0 Å². The second-order valence-corrected chi connectivity index (χ2v) is 5.97. The van der Waals surface area contributed by atoms with Gasteiger partial charge in [-0.25, -0.2) is 9.07 Å². The second kappa shape index (κ2) is 8.50. The van der Waals surface area contributed by atoms with E-state index in [0.29, 0.717) is 13.1 Å². The third kappa shape index (κ3) is 4.95. The van der Waals surface area contributed by atoms with Crippen LogP contribution in [0.1, 0.15) is 11.3 Å². The summed E-state index contributed by atoms with van der Waals surface area (Å²) in [5.74, 6) is -0.150. The Bertz CT molecular complexity index is 774. The van der Waals surface area contributed by atoms with Crippen LogP contribution in [0.5, 0.6) is 0 Å². The molecule has 0 saturated heterocycles. The van der Waals surface area contributed by atoms with Gasteiger partial charge in [-0.2, -0.15) is 5.10 Å². The summed E-state index contributed by atoms with van der Waals surface area (Å²) in [6.07, 6.45) is 6.19. The SMILES string of the molecule is OCC(CNCc1cnn(-c2ccc(F)cc2)c1)Cc1ccccn1. The normalized spacial score (nSPS) is 12.2. The van der Waals surface area contributed by atoms with Crippen LogP contribution in [0, 0.1) is 11.7 Å². The smallest absolute Gasteiger partial charge is 0.123 e. The Morgan fingerprint density at radius 3 is 2.72 bits per heavy atom. The Hall–Kier alpha value is -2.57. The molecule has 2 aromatic heterocycles. The first-order valence-corrected chi connectivity index (χ1v) is 8.25. The minimum Gasteiger partial charge on any atom is -0.396 e. The number of hydrogen-bond acceptors (Lipinski definition) is 4. The van der Waals surface area contributed by atoms with Gasteiger partial charge in [-0.1, -0.05) is 6.07 Å². The van der Waals surface area contributed by atoms with E-state index in [1.54, 1.807) is 29.2 Å². The average Bonchev–Trinajstić information content (AvgIpc) is 3.11. The van der Waals surface area contributed by atoms with Crippen molar-refractivity contribution in [3.8, 4) is 5.69 Å². The molecule has 6 heteroatoms. The van der Waals surface area contributed by atoms with Crippen molar-refractivity contribution in [2.45, 2.75) is 13.0 Å². The summed E-state index contributed by atoms with van der Waals surface area (Å²) in [5, 5.41) is 17.2. The maximum absolute atomic E-state index is 13.0. The Morgan fingerprint density at radius 1 is 1.16 bits per heavy atom. The van der Waals surface area contributed by atoms with Gasteiger partial charge >= 0.3 is 0 Å². The predicted molar refractivity (Wildman–Crippen MR) is 93.7 cm³/mol. The van der Waals surface area contributed by atoms with Crippen LogP contribution in [0.3, 0.4) is 0 Å². The Morgan fingerprint density at radius 2 is 2.00 bits per heavy atom. The number of nitrogens with zero attached hydrogens (tertiary/aromatic N) is 3. The topological polar surface area (TPSA) is 63.0 Å². The number of nitrogens with one attached hydrogen (secondary N) is 1. The van der Waals surface area contributed by atoms with Gasteiger partial charge in [0.25, 0.3) is 0 Å². The summed E-state index contributed by atoms with van der Waals surface area (Å²) in [6.45, 7) is 1.45. The first-order chi connectivity index (χ1) is 12.2. The number of pyridine rings is 1. The molecule has 0 aliphatic rings. The van der Waals surface area contributed by atoms with Gasteiger partial charge in [0.1, 0.15) is 5.82 Å². The maximum atomic E-state index is 13.0. The lowest BCUT2D eigenvalue weighted by Crippen LogP contribution is -2.26. The maximum Gasteiger partial charge on any atom is 0.123 e. The van der Waals surface area contributed by atoms with Gasteiger partial charge < -0.3 is 10.4 Å². The van der Waals surface area contributed by atoms with Gasteiger partial charge in [0.15, 0.2) is 0 Å². The molecule has 3 aromatic rings. The average molecular weight is 340 g/mol. The first-order valence-electron chi connectivity index (χ1n) is 8.25.